The van der Waals surface area contributed by atoms with Crippen molar-refractivity contribution in [1.29, 1.82) is 0 Å². The number of hydrogen-bond acceptors (Lipinski definition) is 6. The van der Waals surface area contributed by atoms with Crippen LogP contribution in [0.5, 0.6) is 5.75 Å². The molecule has 3 aromatic rings. The molecule has 3 rings (SSSR count). The highest BCUT2D eigenvalue weighted by Crippen LogP contribution is 2.26. The van der Waals surface area contributed by atoms with E-state index in [9.17, 15) is 4.79 Å². The molecule has 0 aliphatic carbocycles. The van der Waals surface area contributed by atoms with Gasteiger partial charge in [0.15, 0.2) is 6.61 Å². The number of rotatable bonds is 6. The highest BCUT2D eigenvalue weighted by molar-refractivity contribution is 7.13. The molecule has 0 N–H and O–H groups in total. The summed E-state index contributed by atoms with van der Waals surface area (Å²) in [6.45, 7) is 1.73. The van der Waals surface area contributed by atoms with Crippen molar-refractivity contribution in [3.63, 3.8) is 0 Å². The third-order valence-electron chi connectivity index (χ3n) is 3.09. The smallest absolute Gasteiger partial charge is 0.344 e. The van der Waals surface area contributed by atoms with E-state index in [1.807, 2.05) is 35.7 Å². The van der Waals surface area contributed by atoms with Crippen molar-refractivity contribution < 1.29 is 18.7 Å². The zero-order chi connectivity index (χ0) is 16.1. The lowest BCUT2D eigenvalue weighted by molar-refractivity contribution is -0.147. The molecule has 0 spiro atoms. The Morgan fingerprint density at radius 1 is 1.22 bits per heavy atom. The highest BCUT2D eigenvalue weighted by Gasteiger charge is 2.14. The summed E-state index contributed by atoms with van der Waals surface area (Å²) >= 11 is 1.54. The first-order valence-corrected chi connectivity index (χ1v) is 7.94. The number of carbonyl (C=O) groups is 1. The van der Waals surface area contributed by atoms with Crippen LogP contribution in [0.2, 0.25) is 0 Å². The van der Waals surface area contributed by atoms with Crippen LogP contribution >= 0.6 is 11.3 Å². The second kappa shape index (κ2) is 7.11. The first-order valence-electron chi connectivity index (χ1n) is 7.06. The van der Waals surface area contributed by atoms with Crippen LogP contribution in [-0.4, -0.2) is 17.6 Å². The molecule has 0 saturated heterocycles. The van der Waals surface area contributed by atoms with Crippen LogP contribution in [0.3, 0.4) is 0 Å². The Hall–Kier alpha value is -2.60. The molecule has 0 radical (unpaired) electrons. The van der Waals surface area contributed by atoms with E-state index in [2.05, 4.69) is 4.98 Å². The lowest BCUT2D eigenvalue weighted by Gasteiger charge is -2.05. The van der Waals surface area contributed by atoms with Crippen molar-refractivity contribution in [2.24, 2.45) is 0 Å². The van der Waals surface area contributed by atoms with Crippen LogP contribution < -0.4 is 4.74 Å². The van der Waals surface area contributed by atoms with E-state index in [0.717, 1.165) is 4.88 Å². The molecule has 23 heavy (non-hydrogen) atoms. The number of aromatic nitrogens is 1. The van der Waals surface area contributed by atoms with E-state index < -0.39 is 5.97 Å². The number of hydrogen-bond donors (Lipinski definition) is 0. The molecule has 0 bridgehead atoms. The summed E-state index contributed by atoms with van der Waals surface area (Å²) in [5, 5.41) is 1.95. The Morgan fingerprint density at radius 2 is 2.04 bits per heavy atom. The van der Waals surface area contributed by atoms with E-state index in [4.69, 9.17) is 13.9 Å². The van der Waals surface area contributed by atoms with Gasteiger partial charge >= 0.3 is 5.97 Å². The number of aryl methyl sites for hydroxylation is 1. The van der Waals surface area contributed by atoms with Gasteiger partial charge in [-0.25, -0.2) is 9.78 Å². The molecule has 6 heteroatoms. The van der Waals surface area contributed by atoms with E-state index in [0.29, 0.717) is 23.1 Å². The zero-order valence-electron chi connectivity index (χ0n) is 12.5. The second-order valence-electron chi connectivity index (χ2n) is 4.76. The fourth-order valence-corrected chi connectivity index (χ4v) is 2.57. The van der Waals surface area contributed by atoms with E-state index >= 15 is 0 Å². The number of nitrogens with zero attached hydrogens (tertiary/aromatic N) is 1. The third-order valence-corrected chi connectivity index (χ3v) is 3.95. The molecule has 2 aromatic heterocycles. The zero-order valence-corrected chi connectivity index (χ0v) is 13.3. The molecule has 0 fully saturated rings. The number of esters is 1. The van der Waals surface area contributed by atoms with Gasteiger partial charge in [-0.2, -0.15) is 0 Å². The molecule has 0 unspecified atom stereocenters. The van der Waals surface area contributed by atoms with Crippen LogP contribution in [0.15, 0.2) is 52.3 Å². The van der Waals surface area contributed by atoms with Gasteiger partial charge in [0.1, 0.15) is 23.8 Å². The van der Waals surface area contributed by atoms with Gasteiger partial charge in [0.2, 0.25) is 5.89 Å². The Labute approximate surface area is 137 Å². The molecular weight excluding hydrogens is 314 g/mol. The molecule has 0 atom stereocenters. The average molecular weight is 329 g/mol. The monoisotopic (exact) mass is 329 g/mol. The molecule has 0 amide bonds. The fourth-order valence-electron chi connectivity index (χ4n) is 1.92. The summed E-state index contributed by atoms with van der Waals surface area (Å²) in [5.41, 5.74) is 0.612. The minimum Gasteiger partial charge on any atom is -0.482 e. The van der Waals surface area contributed by atoms with Crippen LogP contribution in [0.4, 0.5) is 0 Å². The van der Waals surface area contributed by atoms with Crippen molar-refractivity contribution >= 4 is 17.3 Å². The van der Waals surface area contributed by atoms with E-state index in [-0.39, 0.29) is 13.2 Å². The number of carbonyl (C=O) groups excluding carboxylic acids is 1. The van der Waals surface area contributed by atoms with Gasteiger partial charge in [-0.05, 0) is 30.5 Å². The highest BCUT2D eigenvalue weighted by atomic mass is 32.1. The lowest BCUT2D eigenvalue weighted by Crippen LogP contribution is -2.15. The van der Waals surface area contributed by atoms with Gasteiger partial charge in [-0.3, -0.25) is 0 Å². The van der Waals surface area contributed by atoms with E-state index in [1.165, 1.54) is 0 Å². The van der Waals surface area contributed by atoms with Crippen LogP contribution in [0.25, 0.3) is 10.8 Å². The molecule has 2 heterocycles. The quantitative estimate of drug-likeness (QED) is 0.643. The van der Waals surface area contributed by atoms with Gasteiger partial charge in [0, 0.05) is 0 Å². The van der Waals surface area contributed by atoms with Crippen molar-refractivity contribution in [2.45, 2.75) is 13.5 Å². The number of ether oxygens (including phenoxy) is 2. The molecule has 0 saturated carbocycles. The average Bonchev–Trinajstić information content (AvgIpc) is 3.21. The number of oxazole rings is 1. The van der Waals surface area contributed by atoms with Crippen LogP contribution in [-0.2, 0) is 16.1 Å². The maximum absolute atomic E-state index is 11.7. The molecule has 5 nitrogen and oxygen atoms in total. The van der Waals surface area contributed by atoms with Gasteiger partial charge in [-0.15, -0.1) is 11.3 Å². The molecule has 0 aliphatic heterocycles. The minimum atomic E-state index is -0.450. The summed E-state index contributed by atoms with van der Waals surface area (Å²) in [4.78, 5) is 17.0. The van der Waals surface area contributed by atoms with Gasteiger partial charge in [0.25, 0.3) is 0 Å². The maximum atomic E-state index is 11.7. The Bertz CT molecular complexity index is 765. The molecular formula is C17H15NO4S. The summed E-state index contributed by atoms with van der Waals surface area (Å²) in [7, 11) is 0. The molecule has 118 valence electrons. The van der Waals surface area contributed by atoms with E-state index in [1.54, 1.807) is 30.4 Å². The Kier molecular flexibility index (Phi) is 4.73. The predicted molar refractivity (Wildman–Crippen MR) is 86.3 cm³/mol. The maximum Gasteiger partial charge on any atom is 0.344 e. The normalized spacial score (nSPS) is 10.5. The van der Waals surface area contributed by atoms with Crippen molar-refractivity contribution in [2.75, 3.05) is 6.61 Å². The van der Waals surface area contributed by atoms with Gasteiger partial charge in [-0.1, -0.05) is 24.3 Å². The summed E-state index contributed by atoms with van der Waals surface area (Å²) in [6, 6.07) is 13.0. The summed E-state index contributed by atoms with van der Waals surface area (Å²) in [6.07, 6.45) is 0. The SMILES string of the molecule is Cc1oc(-c2cccs2)nc1COC(=O)COc1ccccc1. The standard InChI is InChI=1S/C17H15NO4S/c1-12-14(18-17(22-12)15-8-5-9-23-15)10-21-16(19)11-20-13-6-3-2-4-7-13/h2-9H,10-11H2,1H3. The van der Waals surface area contributed by atoms with Crippen LogP contribution in [0.1, 0.15) is 11.5 Å². The number of thiophene rings is 1. The summed E-state index contributed by atoms with van der Waals surface area (Å²) in [5.74, 6) is 1.37. The first kappa shape index (κ1) is 15.3. The summed E-state index contributed by atoms with van der Waals surface area (Å²) < 4.78 is 16.1. The van der Waals surface area contributed by atoms with Crippen molar-refractivity contribution in [3.05, 3.63) is 59.3 Å². The lowest BCUT2D eigenvalue weighted by atomic mass is 10.3. The predicted octanol–water partition coefficient (Wildman–Crippen LogP) is 3.83. The fraction of sp³-hybridized carbons (Fsp3) is 0.176. The first-order chi connectivity index (χ1) is 11.2. The topological polar surface area (TPSA) is 61.6 Å². The number of para-hydroxylation sites is 1. The van der Waals surface area contributed by atoms with Crippen molar-refractivity contribution in [1.82, 2.24) is 4.98 Å². The molecule has 0 aliphatic rings. The second-order valence-corrected chi connectivity index (χ2v) is 5.71. The van der Waals surface area contributed by atoms with Gasteiger partial charge < -0.3 is 13.9 Å². The number of benzene rings is 1. The largest absolute Gasteiger partial charge is 0.482 e. The Morgan fingerprint density at radius 3 is 2.78 bits per heavy atom. The third kappa shape index (κ3) is 3.98. The van der Waals surface area contributed by atoms with Crippen molar-refractivity contribution in [3.8, 4) is 16.5 Å². The van der Waals surface area contributed by atoms with Gasteiger partial charge in [0.05, 0.1) is 4.88 Å². The Balaban J connectivity index is 1.53. The minimum absolute atomic E-state index is 0.0672. The van der Waals surface area contributed by atoms with Crippen LogP contribution in [0, 0.1) is 6.92 Å². The molecule has 1 aromatic carbocycles.